The van der Waals surface area contributed by atoms with Crippen molar-refractivity contribution < 1.29 is 4.42 Å². The highest BCUT2D eigenvalue weighted by Gasteiger charge is 2.48. The number of rotatable bonds is 4. The van der Waals surface area contributed by atoms with Crippen LogP contribution in [0.4, 0.5) is 34.1 Å². The van der Waals surface area contributed by atoms with Crippen LogP contribution in [-0.2, 0) is 10.8 Å². The maximum Gasteiger partial charge on any atom is 0.252 e. The summed E-state index contributed by atoms with van der Waals surface area (Å²) >= 11 is 0. The van der Waals surface area contributed by atoms with Crippen molar-refractivity contribution in [3.8, 4) is 16.8 Å². The predicted molar refractivity (Wildman–Crippen MR) is 275 cm³/mol. The third-order valence-corrected chi connectivity index (χ3v) is 14.9. The summed E-state index contributed by atoms with van der Waals surface area (Å²) in [4.78, 5) is 5.00. The molecule has 5 heteroatoms. The molecule has 10 aromatic rings. The second-order valence-corrected chi connectivity index (χ2v) is 20.3. The van der Waals surface area contributed by atoms with Gasteiger partial charge in [0.05, 0.1) is 5.69 Å². The lowest BCUT2D eigenvalue weighted by atomic mass is 9.33. The number of furan rings is 1. The van der Waals surface area contributed by atoms with Gasteiger partial charge in [0, 0.05) is 72.5 Å². The van der Waals surface area contributed by atoms with Crippen LogP contribution in [0.2, 0.25) is 0 Å². The van der Waals surface area contributed by atoms with Gasteiger partial charge in [-0.25, -0.2) is 0 Å². The summed E-state index contributed by atoms with van der Waals surface area (Å²) in [6.07, 6.45) is 0. The van der Waals surface area contributed by atoms with Crippen LogP contribution in [0.15, 0.2) is 162 Å². The maximum absolute atomic E-state index is 6.95. The van der Waals surface area contributed by atoms with E-state index in [1.807, 2.05) is 0 Å². The molecule has 0 N–H and O–H groups in total. The molecule has 8 aromatic carbocycles. The van der Waals surface area contributed by atoms with Gasteiger partial charge in [0.2, 0.25) is 0 Å². The molecule has 0 unspecified atom stereocenters. The summed E-state index contributed by atoms with van der Waals surface area (Å²) in [7, 11) is 0. The topological polar surface area (TPSA) is 24.6 Å². The largest absolute Gasteiger partial charge is 0.454 e. The van der Waals surface area contributed by atoms with Crippen LogP contribution in [0, 0.1) is 20.8 Å². The predicted octanol–water partition coefficient (Wildman–Crippen LogP) is 14.1. The Hall–Kier alpha value is -7.24. The van der Waals surface area contributed by atoms with E-state index in [0.717, 1.165) is 50.4 Å². The van der Waals surface area contributed by atoms with Crippen molar-refractivity contribution in [3.63, 3.8) is 0 Å². The summed E-state index contributed by atoms with van der Waals surface area (Å²) in [6, 6.07) is 59.0. The summed E-state index contributed by atoms with van der Waals surface area (Å²) in [6.45, 7) is 18.6. The fourth-order valence-corrected chi connectivity index (χ4v) is 11.9. The minimum atomic E-state index is -0.219. The monoisotopic (exact) mass is 839 g/mol. The smallest absolute Gasteiger partial charge is 0.252 e. The standard InChI is InChI=1S/C60H50BN3O/c1-35-30-51-55-52(31-35)64-56-43(54-42-21-11-13-23-44(42)60(7,8)58(54)64)32-38(59(4,5)6)33-46(56)61(55)45-29-28-39(62(47-24-14-9-18-36(47)2)48-25-15-10-19-37(48)3)34-50(45)63(51)49-26-17-22-41-40-20-12-16-27-53(40)65-57(41)49/h9-34H,1-8H3. The lowest BCUT2D eigenvalue weighted by Gasteiger charge is -2.42. The van der Waals surface area contributed by atoms with Gasteiger partial charge in [-0.3, -0.25) is 0 Å². The van der Waals surface area contributed by atoms with E-state index < -0.39 is 0 Å². The third-order valence-electron chi connectivity index (χ3n) is 14.9. The zero-order valence-electron chi connectivity index (χ0n) is 38.3. The Kier molecular flexibility index (Phi) is 7.75. The van der Waals surface area contributed by atoms with Gasteiger partial charge in [-0.1, -0.05) is 138 Å². The summed E-state index contributed by atoms with van der Waals surface area (Å²) in [5.41, 5.74) is 25.4. The minimum Gasteiger partial charge on any atom is -0.454 e. The quantitative estimate of drug-likeness (QED) is 0.165. The van der Waals surface area contributed by atoms with Crippen LogP contribution in [0.25, 0.3) is 49.7 Å². The Labute approximate surface area is 381 Å². The fraction of sp³-hybridized carbons (Fsp3) is 0.167. The van der Waals surface area contributed by atoms with E-state index in [1.165, 1.54) is 83.3 Å². The number of para-hydroxylation sites is 4. The Morgan fingerprint density at radius 1 is 0.585 bits per heavy atom. The van der Waals surface area contributed by atoms with Crippen molar-refractivity contribution in [2.24, 2.45) is 0 Å². The number of fused-ring (bicyclic) bond motifs is 12. The highest BCUT2D eigenvalue weighted by Crippen LogP contribution is 2.55. The molecular weight excluding hydrogens is 789 g/mol. The van der Waals surface area contributed by atoms with E-state index in [0.29, 0.717) is 0 Å². The van der Waals surface area contributed by atoms with Crippen LogP contribution in [-0.4, -0.2) is 11.3 Å². The van der Waals surface area contributed by atoms with Crippen LogP contribution >= 0.6 is 0 Å². The number of benzene rings is 8. The maximum atomic E-state index is 6.95. The lowest BCUT2D eigenvalue weighted by Crippen LogP contribution is -2.61. The molecule has 2 aliphatic heterocycles. The molecule has 0 spiro atoms. The number of anilines is 6. The number of hydrogen-bond acceptors (Lipinski definition) is 3. The molecule has 65 heavy (non-hydrogen) atoms. The lowest BCUT2D eigenvalue weighted by molar-refractivity contribution is 0.591. The molecule has 0 bridgehead atoms. The van der Waals surface area contributed by atoms with Gasteiger partial charge in [0.25, 0.3) is 6.71 Å². The van der Waals surface area contributed by atoms with Gasteiger partial charge in [-0.05, 0) is 131 Å². The van der Waals surface area contributed by atoms with Crippen molar-refractivity contribution in [3.05, 3.63) is 191 Å². The van der Waals surface area contributed by atoms with E-state index >= 15 is 0 Å². The zero-order chi connectivity index (χ0) is 44.3. The average Bonchev–Trinajstić information content (AvgIpc) is 3.93. The van der Waals surface area contributed by atoms with Crippen molar-refractivity contribution >= 4 is 90.1 Å². The Morgan fingerprint density at radius 3 is 2.02 bits per heavy atom. The van der Waals surface area contributed by atoms with E-state index in [2.05, 4.69) is 227 Å². The Morgan fingerprint density at radius 2 is 1.26 bits per heavy atom. The molecule has 2 aromatic heterocycles. The van der Waals surface area contributed by atoms with E-state index in [-0.39, 0.29) is 17.5 Å². The van der Waals surface area contributed by atoms with Crippen LogP contribution in [0.5, 0.6) is 0 Å². The van der Waals surface area contributed by atoms with Gasteiger partial charge >= 0.3 is 0 Å². The SMILES string of the molecule is Cc1cc2c3c(c1)-n1c4c(c5cc(C(C)(C)C)cc(c51)B3c1ccc(N(c3ccccc3C)c3ccccc3C)cc1N2c1cccc2c1oc1ccccc12)-c1ccccc1C4(C)C. The van der Waals surface area contributed by atoms with Crippen molar-refractivity contribution in [1.82, 2.24) is 4.57 Å². The molecule has 0 radical (unpaired) electrons. The van der Waals surface area contributed by atoms with Gasteiger partial charge in [0.15, 0.2) is 5.58 Å². The Balaban J connectivity index is 1.18. The third kappa shape index (κ3) is 5.15. The van der Waals surface area contributed by atoms with Crippen molar-refractivity contribution in [1.29, 1.82) is 0 Å². The number of hydrogen-bond donors (Lipinski definition) is 0. The first kappa shape index (κ1) is 38.2. The minimum absolute atomic E-state index is 0.0215. The molecule has 0 saturated carbocycles. The van der Waals surface area contributed by atoms with Crippen LogP contribution in [0.3, 0.4) is 0 Å². The molecule has 0 amide bonds. The average molecular weight is 840 g/mol. The highest BCUT2D eigenvalue weighted by molar-refractivity contribution is 7.00. The van der Waals surface area contributed by atoms with Gasteiger partial charge in [-0.15, -0.1) is 0 Å². The van der Waals surface area contributed by atoms with Crippen LogP contribution in [0.1, 0.15) is 68.1 Å². The van der Waals surface area contributed by atoms with Crippen molar-refractivity contribution in [2.45, 2.75) is 66.2 Å². The summed E-state index contributed by atoms with van der Waals surface area (Å²) in [5, 5.41) is 3.60. The number of aromatic nitrogens is 1. The number of nitrogens with zero attached hydrogens (tertiary/aromatic N) is 3. The molecule has 0 saturated heterocycles. The van der Waals surface area contributed by atoms with Gasteiger partial charge in [-0.2, -0.15) is 0 Å². The molecule has 1 aliphatic carbocycles. The van der Waals surface area contributed by atoms with Crippen LogP contribution < -0.4 is 26.2 Å². The second kappa shape index (κ2) is 13.2. The first-order chi connectivity index (χ1) is 31.4. The molecule has 0 fully saturated rings. The summed E-state index contributed by atoms with van der Waals surface area (Å²) < 4.78 is 9.64. The Bertz CT molecular complexity index is 3650. The molecule has 314 valence electrons. The van der Waals surface area contributed by atoms with E-state index in [1.54, 1.807) is 0 Å². The van der Waals surface area contributed by atoms with Crippen molar-refractivity contribution in [2.75, 3.05) is 9.80 Å². The zero-order valence-corrected chi connectivity index (χ0v) is 38.3. The first-order valence-electron chi connectivity index (χ1n) is 23.1. The summed E-state index contributed by atoms with van der Waals surface area (Å²) in [5.74, 6) is 0. The fourth-order valence-electron chi connectivity index (χ4n) is 11.9. The van der Waals surface area contributed by atoms with Gasteiger partial charge in [0.1, 0.15) is 5.58 Å². The molecule has 4 nitrogen and oxygen atoms in total. The molecular formula is C60H50BN3O. The first-order valence-corrected chi connectivity index (χ1v) is 23.1. The second-order valence-electron chi connectivity index (χ2n) is 20.3. The van der Waals surface area contributed by atoms with E-state index in [4.69, 9.17) is 4.42 Å². The highest BCUT2D eigenvalue weighted by atomic mass is 16.3. The normalized spacial score (nSPS) is 14.2. The molecule has 3 aliphatic rings. The molecule has 0 atom stereocenters. The van der Waals surface area contributed by atoms with Gasteiger partial charge < -0.3 is 18.8 Å². The van der Waals surface area contributed by atoms with E-state index in [9.17, 15) is 0 Å². The molecule has 13 rings (SSSR count). The number of aryl methyl sites for hydroxylation is 3. The molecule has 4 heterocycles.